The van der Waals surface area contributed by atoms with Gasteiger partial charge in [0.2, 0.25) is 0 Å². The maximum atomic E-state index is 9.13. The molecule has 0 aromatic carbocycles. The molecular weight excluding hydrogens is 142 g/mol. The molecule has 1 atom stereocenters. The lowest BCUT2D eigenvalue weighted by Gasteiger charge is -2.10. The minimum atomic E-state index is -0.447. The van der Waals surface area contributed by atoms with Crippen molar-refractivity contribution < 1.29 is 5.11 Å². The van der Waals surface area contributed by atoms with Gasteiger partial charge in [0, 0.05) is 0 Å². The van der Waals surface area contributed by atoms with Crippen LogP contribution < -0.4 is 16.8 Å². The Balaban J connectivity index is 2.97. The van der Waals surface area contributed by atoms with Crippen molar-refractivity contribution in [3.05, 3.63) is 0 Å². The minimum absolute atomic E-state index is 0.447. The second kappa shape index (κ2) is 7.94. The molecule has 0 heterocycles. The molecule has 68 valence electrons. The first-order chi connectivity index (χ1) is 5.31. The molecule has 0 spiro atoms. The third-order valence-electron chi connectivity index (χ3n) is 1.45. The van der Waals surface area contributed by atoms with Gasteiger partial charge in [-0.15, -0.1) is 0 Å². The van der Waals surface area contributed by atoms with Crippen LogP contribution in [0.15, 0.2) is 0 Å². The molecule has 0 saturated heterocycles. The van der Waals surface area contributed by atoms with Gasteiger partial charge in [0.25, 0.3) is 0 Å². The summed E-state index contributed by atoms with van der Waals surface area (Å²) in [6.45, 7) is 2.05. The summed E-state index contributed by atoms with van der Waals surface area (Å²) >= 11 is 0. The monoisotopic (exact) mass is 161 g/mol. The van der Waals surface area contributed by atoms with Gasteiger partial charge in [-0.05, 0) is 38.9 Å². The van der Waals surface area contributed by atoms with Gasteiger partial charge in [-0.3, -0.25) is 5.32 Å². The minimum Gasteiger partial charge on any atom is -0.379 e. The molecule has 0 aliphatic carbocycles. The highest BCUT2D eigenvalue weighted by Crippen LogP contribution is 1.86. The molecular formula is C7H19N3O. The van der Waals surface area contributed by atoms with E-state index in [1.165, 1.54) is 0 Å². The van der Waals surface area contributed by atoms with E-state index in [0.29, 0.717) is 19.5 Å². The van der Waals surface area contributed by atoms with Crippen LogP contribution in [0.1, 0.15) is 19.3 Å². The van der Waals surface area contributed by atoms with E-state index in [1.54, 1.807) is 0 Å². The van der Waals surface area contributed by atoms with Crippen LogP contribution in [0.4, 0.5) is 0 Å². The number of aliphatic hydroxyl groups is 1. The van der Waals surface area contributed by atoms with Crippen LogP contribution in [-0.4, -0.2) is 31.0 Å². The average Bonchev–Trinajstić information content (AvgIpc) is 1.99. The summed E-state index contributed by atoms with van der Waals surface area (Å²) in [5.74, 6) is 0. The summed E-state index contributed by atoms with van der Waals surface area (Å²) in [5, 5.41) is 12.1. The number of unbranched alkanes of at least 4 members (excludes halogenated alkanes) is 1. The largest absolute Gasteiger partial charge is 0.379 e. The Labute approximate surface area is 68.0 Å². The van der Waals surface area contributed by atoms with Crippen LogP contribution in [-0.2, 0) is 0 Å². The number of hydrogen-bond acceptors (Lipinski definition) is 4. The number of hydrogen-bond donors (Lipinski definition) is 4. The molecule has 11 heavy (non-hydrogen) atoms. The van der Waals surface area contributed by atoms with E-state index >= 15 is 0 Å². The van der Waals surface area contributed by atoms with Crippen LogP contribution >= 0.6 is 0 Å². The summed E-state index contributed by atoms with van der Waals surface area (Å²) in [5.41, 5.74) is 10.5. The third-order valence-corrected chi connectivity index (χ3v) is 1.45. The fourth-order valence-corrected chi connectivity index (χ4v) is 0.798. The average molecular weight is 161 g/mol. The summed E-state index contributed by atoms with van der Waals surface area (Å²) in [6.07, 6.45) is 2.18. The van der Waals surface area contributed by atoms with Gasteiger partial charge in [-0.1, -0.05) is 0 Å². The van der Waals surface area contributed by atoms with E-state index in [1.807, 2.05) is 0 Å². The van der Waals surface area contributed by atoms with Gasteiger partial charge >= 0.3 is 0 Å². The molecule has 0 aliphatic heterocycles. The standard InChI is InChI=1S/C7H19N3O/c8-4-1-2-6-10-7(11)3-5-9/h7,10-11H,1-6,8-9H2. The van der Waals surface area contributed by atoms with E-state index in [2.05, 4.69) is 5.32 Å². The van der Waals surface area contributed by atoms with E-state index < -0.39 is 6.23 Å². The molecule has 0 rings (SSSR count). The molecule has 0 aromatic heterocycles. The maximum absolute atomic E-state index is 9.13. The Kier molecular flexibility index (Phi) is 7.83. The van der Waals surface area contributed by atoms with Gasteiger partial charge in [-0.25, -0.2) is 0 Å². The molecule has 1 unspecified atom stereocenters. The quantitative estimate of drug-likeness (QED) is 0.284. The van der Waals surface area contributed by atoms with Crippen LogP contribution in [0.25, 0.3) is 0 Å². The van der Waals surface area contributed by atoms with Crippen LogP contribution in [0.2, 0.25) is 0 Å². The SMILES string of the molecule is NCCCCNC(O)CCN. The fraction of sp³-hybridized carbons (Fsp3) is 1.00. The topological polar surface area (TPSA) is 84.3 Å². The van der Waals surface area contributed by atoms with Gasteiger partial charge in [0.05, 0.1) is 0 Å². The predicted molar refractivity (Wildman–Crippen MR) is 46.0 cm³/mol. The summed E-state index contributed by atoms with van der Waals surface area (Å²) in [7, 11) is 0. The summed E-state index contributed by atoms with van der Waals surface area (Å²) in [4.78, 5) is 0. The van der Waals surface area contributed by atoms with Crippen molar-refractivity contribution in [1.82, 2.24) is 5.32 Å². The van der Waals surface area contributed by atoms with Gasteiger partial charge in [-0.2, -0.15) is 0 Å². The fourth-order valence-electron chi connectivity index (χ4n) is 0.798. The Morgan fingerprint density at radius 3 is 2.45 bits per heavy atom. The lowest BCUT2D eigenvalue weighted by Crippen LogP contribution is -2.31. The first-order valence-electron chi connectivity index (χ1n) is 4.13. The number of aliphatic hydroxyl groups excluding tert-OH is 1. The van der Waals surface area contributed by atoms with Crippen LogP contribution in [0, 0.1) is 0 Å². The molecule has 0 aliphatic rings. The van der Waals surface area contributed by atoms with Crippen molar-refractivity contribution in [3.8, 4) is 0 Å². The van der Waals surface area contributed by atoms with Crippen molar-refractivity contribution >= 4 is 0 Å². The number of nitrogens with one attached hydrogen (secondary N) is 1. The summed E-state index contributed by atoms with van der Waals surface area (Å²) in [6, 6.07) is 0. The zero-order valence-electron chi connectivity index (χ0n) is 6.92. The molecule has 0 aromatic rings. The third kappa shape index (κ3) is 7.74. The number of rotatable bonds is 7. The predicted octanol–water partition coefficient (Wildman–Crippen LogP) is -1.02. The first kappa shape index (κ1) is 10.8. The Morgan fingerprint density at radius 1 is 1.18 bits per heavy atom. The van der Waals surface area contributed by atoms with E-state index in [9.17, 15) is 0 Å². The number of nitrogens with two attached hydrogens (primary N) is 2. The van der Waals surface area contributed by atoms with Gasteiger partial charge < -0.3 is 16.6 Å². The Bertz CT molecular complexity index is 80.1. The molecule has 0 bridgehead atoms. The smallest absolute Gasteiger partial charge is 0.106 e. The molecule has 0 radical (unpaired) electrons. The molecule has 4 nitrogen and oxygen atoms in total. The van der Waals surface area contributed by atoms with E-state index in [0.717, 1.165) is 19.4 Å². The molecule has 0 fully saturated rings. The van der Waals surface area contributed by atoms with E-state index in [-0.39, 0.29) is 0 Å². The second-order valence-corrected chi connectivity index (χ2v) is 2.54. The highest BCUT2D eigenvalue weighted by Gasteiger charge is 1.98. The zero-order valence-corrected chi connectivity index (χ0v) is 6.92. The first-order valence-corrected chi connectivity index (χ1v) is 4.13. The Morgan fingerprint density at radius 2 is 1.91 bits per heavy atom. The van der Waals surface area contributed by atoms with Gasteiger partial charge in [0.1, 0.15) is 6.23 Å². The zero-order chi connectivity index (χ0) is 8.53. The van der Waals surface area contributed by atoms with Crippen molar-refractivity contribution in [1.29, 1.82) is 0 Å². The van der Waals surface area contributed by atoms with Crippen molar-refractivity contribution in [2.24, 2.45) is 11.5 Å². The molecule has 0 saturated carbocycles. The molecule has 6 N–H and O–H groups in total. The van der Waals surface area contributed by atoms with Crippen molar-refractivity contribution in [2.75, 3.05) is 19.6 Å². The van der Waals surface area contributed by atoms with Gasteiger partial charge in [0.15, 0.2) is 0 Å². The molecule has 0 amide bonds. The van der Waals surface area contributed by atoms with Crippen LogP contribution in [0.3, 0.4) is 0 Å². The lowest BCUT2D eigenvalue weighted by atomic mass is 10.3. The van der Waals surface area contributed by atoms with Crippen molar-refractivity contribution in [2.45, 2.75) is 25.5 Å². The van der Waals surface area contributed by atoms with Crippen LogP contribution in [0.5, 0.6) is 0 Å². The van der Waals surface area contributed by atoms with E-state index in [4.69, 9.17) is 16.6 Å². The Hall–Kier alpha value is -0.160. The normalized spacial score (nSPS) is 13.4. The highest BCUT2D eigenvalue weighted by molar-refractivity contribution is 4.54. The highest BCUT2D eigenvalue weighted by atomic mass is 16.3. The maximum Gasteiger partial charge on any atom is 0.106 e. The van der Waals surface area contributed by atoms with Crippen molar-refractivity contribution in [3.63, 3.8) is 0 Å². The molecule has 4 heteroatoms. The second-order valence-electron chi connectivity index (χ2n) is 2.54. The summed E-state index contributed by atoms with van der Waals surface area (Å²) < 4.78 is 0. The lowest BCUT2D eigenvalue weighted by molar-refractivity contribution is 0.130.